The van der Waals surface area contributed by atoms with Gasteiger partial charge in [-0.2, -0.15) is 0 Å². The summed E-state index contributed by atoms with van der Waals surface area (Å²) in [5.41, 5.74) is 1.38. The predicted molar refractivity (Wildman–Crippen MR) is 113 cm³/mol. The molecule has 0 saturated heterocycles. The Balaban J connectivity index is 1.34. The zero-order valence-electron chi connectivity index (χ0n) is 16.3. The minimum Gasteiger partial charge on any atom is -0.483 e. The Morgan fingerprint density at radius 2 is 1.73 bits per heavy atom. The molecule has 0 aliphatic heterocycles. The highest BCUT2D eigenvalue weighted by Gasteiger charge is 2.11. The SMILES string of the molecule is O=C(CCc1ccccc1)NCCNC(=O)c1csc(COc2ccccc2F)n1. The molecule has 156 valence electrons. The van der Waals surface area contributed by atoms with Crippen LogP contribution in [0.25, 0.3) is 0 Å². The molecule has 0 radical (unpaired) electrons. The van der Waals surface area contributed by atoms with Crippen molar-refractivity contribution < 1.29 is 18.7 Å². The third-order valence-corrected chi connectivity index (χ3v) is 5.01. The van der Waals surface area contributed by atoms with Crippen molar-refractivity contribution >= 4 is 23.2 Å². The number of aromatic nitrogens is 1. The van der Waals surface area contributed by atoms with Crippen molar-refractivity contribution in [2.75, 3.05) is 13.1 Å². The van der Waals surface area contributed by atoms with Gasteiger partial charge in [-0.05, 0) is 24.1 Å². The molecule has 0 fully saturated rings. The van der Waals surface area contributed by atoms with Crippen LogP contribution in [0.5, 0.6) is 5.75 Å². The van der Waals surface area contributed by atoms with E-state index in [9.17, 15) is 14.0 Å². The molecule has 0 unspecified atom stereocenters. The monoisotopic (exact) mass is 427 g/mol. The van der Waals surface area contributed by atoms with E-state index >= 15 is 0 Å². The number of rotatable bonds is 10. The Hall–Kier alpha value is -3.26. The first kappa shape index (κ1) is 21.4. The highest BCUT2D eigenvalue weighted by Crippen LogP contribution is 2.18. The van der Waals surface area contributed by atoms with Gasteiger partial charge in [0, 0.05) is 24.9 Å². The second-order valence-electron chi connectivity index (χ2n) is 6.44. The van der Waals surface area contributed by atoms with Gasteiger partial charge in [-0.15, -0.1) is 11.3 Å². The minimum atomic E-state index is -0.446. The van der Waals surface area contributed by atoms with Gasteiger partial charge in [0.1, 0.15) is 17.3 Å². The van der Waals surface area contributed by atoms with Crippen molar-refractivity contribution in [3.8, 4) is 5.75 Å². The molecule has 2 amide bonds. The number of carbonyl (C=O) groups is 2. The Bertz CT molecular complexity index is 979. The Kier molecular flexibility index (Phi) is 7.91. The zero-order valence-corrected chi connectivity index (χ0v) is 17.1. The van der Waals surface area contributed by atoms with E-state index in [0.29, 0.717) is 30.9 Å². The molecule has 0 bridgehead atoms. The van der Waals surface area contributed by atoms with Gasteiger partial charge in [-0.3, -0.25) is 9.59 Å². The van der Waals surface area contributed by atoms with E-state index in [1.54, 1.807) is 17.5 Å². The number of thiazole rings is 1. The van der Waals surface area contributed by atoms with Gasteiger partial charge in [0.15, 0.2) is 11.6 Å². The van der Waals surface area contributed by atoms with E-state index < -0.39 is 5.82 Å². The molecule has 0 spiro atoms. The van der Waals surface area contributed by atoms with Crippen molar-refractivity contribution in [2.24, 2.45) is 0 Å². The first-order valence-corrected chi connectivity index (χ1v) is 10.4. The fourth-order valence-corrected chi connectivity index (χ4v) is 3.33. The smallest absolute Gasteiger partial charge is 0.270 e. The standard InChI is InChI=1S/C22H22FN3O3S/c23-17-8-4-5-9-19(17)29-14-21-26-18(15-30-21)22(28)25-13-12-24-20(27)11-10-16-6-2-1-3-7-16/h1-9,15H,10-14H2,(H,24,27)(H,25,28). The topological polar surface area (TPSA) is 80.3 Å². The molecule has 30 heavy (non-hydrogen) atoms. The second kappa shape index (κ2) is 11.1. The zero-order chi connectivity index (χ0) is 21.2. The van der Waals surface area contributed by atoms with Gasteiger partial charge in [-0.1, -0.05) is 42.5 Å². The fraction of sp³-hybridized carbons (Fsp3) is 0.227. The highest BCUT2D eigenvalue weighted by molar-refractivity contribution is 7.09. The van der Waals surface area contributed by atoms with Gasteiger partial charge in [0.25, 0.3) is 5.91 Å². The first-order valence-electron chi connectivity index (χ1n) is 9.52. The number of hydrogen-bond acceptors (Lipinski definition) is 5. The summed E-state index contributed by atoms with van der Waals surface area (Å²) >= 11 is 1.26. The molecular weight excluding hydrogens is 405 g/mol. The lowest BCUT2D eigenvalue weighted by molar-refractivity contribution is -0.121. The number of amides is 2. The van der Waals surface area contributed by atoms with Crippen LogP contribution < -0.4 is 15.4 Å². The summed E-state index contributed by atoms with van der Waals surface area (Å²) in [7, 11) is 0. The maximum Gasteiger partial charge on any atom is 0.270 e. The largest absolute Gasteiger partial charge is 0.483 e. The van der Waals surface area contributed by atoms with Crippen LogP contribution in [0.1, 0.15) is 27.5 Å². The molecule has 6 nitrogen and oxygen atoms in total. The van der Waals surface area contributed by atoms with Crippen molar-refractivity contribution in [1.82, 2.24) is 15.6 Å². The summed E-state index contributed by atoms with van der Waals surface area (Å²) in [6.07, 6.45) is 1.07. The quantitative estimate of drug-likeness (QED) is 0.487. The second-order valence-corrected chi connectivity index (χ2v) is 7.38. The molecule has 3 aromatic rings. The van der Waals surface area contributed by atoms with E-state index in [1.807, 2.05) is 30.3 Å². The van der Waals surface area contributed by atoms with Crippen LogP contribution >= 0.6 is 11.3 Å². The average Bonchev–Trinajstić information content (AvgIpc) is 3.24. The summed E-state index contributed by atoms with van der Waals surface area (Å²) < 4.78 is 18.9. The molecule has 2 N–H and O–H groups in total. The Labute approximate surface area is 178 Å². The number of benzene rings is 2. The summed E-state index contributed by atoms with van der Waals surface area (Å²) in [4.78, 5) is 28.2. The third-order valence-electron chi connectivity index (χ3n) is 4.19. The lowest BCUT2D eigenvalue weighted by Gasteiger charge is -2.06. The lowest BCUT2D eigenvalue weighted by atomic mass is 10.1. The number of carbonyl (C=O) groups excluding carboxylic acids is 2. The summed E-state index contributed by atoms with van der Waals surface area (Å²) in [6.45, 7) is 0.720. The van der Waals surface area contributed by atoms with E-state index in [1.165, 1.54) is 23.5 Å². The molecule has 0 aliphatic carbocycles. The van der Waals surface area contributed by atoms with Crippen molar-refractivity contribution in [3.63, 3.8) is 0 Å². The highest BCUT2D eigenvalue weighted by atomic mass is 32.1. The number of aryl methyl sites for hydroxylation is 1. The van der Waals surface area contributed by atoms with Gasteiger partial charge in [0.05, 0.1) is 0 Å². The molecule has 2 aromatic carbocycles. The van der Waals surface area contributed by atoms with Gasteiger partial charge >= 0.3 is 0 Å². The molecule has 1 heterocycles. The molecule has 0 saturated carbocycles. The number of para-hydroxylation sites is 1. The van der Waals surface area contributed by atoms with Gasteiger partial charge in [-0.25, -0.2) is 9.37 Å². The first-order chi connectivity index (χ1) is 14.6. The average molecular weight is 428 g/mol. The van der Waals surface area contributed by atoms with Crippen LogP contribution in [0.15, 0.2) is 60.0 Å². The number of hydrogen-bond donors (Lipinski definition) is 2. The third kappa shape index (κ3) is 6.66. The van der Waals surface area contributed by atoms with E-state index in [4.69, 9.17) is 4.74 Å². The molecule has 0 aliphatic rings. The summed E-state index contributed by atoms with van der Waals surface area (Å²) in [6, 6.07) is 15.9. The van der Waals surface area contributed by atoms with Crippen molar-refractivity contribution in [3.05, 3.63) is 82.1 Å². The molecule has 0 atom stereocenters. The number of halogens is 1. The molecule has 3 rings (SSSR count). The summed E-state index contributed by atoms with van der Waals surface area (Å²) in [5, 5.41) is 7.68. The number of ether oxygens (including phenoxy) is 1. The Morgan fingerprint density at radius 3 is 2.53 bits per heavy atom. The number of nitrogens with zero attached hydrogens (tertiary/aromatic N) is 1. The van der Waals surface area contributed by atoms with Crippen LogP contribution in [0.3, 0.4) is 0 Å². The Morgan fingerprint density at radius 1 is 1.00 bits per heavy atom. The minimum absolute atomic E-state index is 0.0608. The maximum absolute atomic E-state index is 13.6. The fourth-order valence-electron chi connectivity index (χ4n) is 2.64. The lowest BCUT2D eigenvalue weighted by Crippen LogP contribution is -2.34. The van der Waals surface area contributed by atoms with Crippen LogP contribution in [0, 0.1) is 5.82 Å². The number of nitrogens with one attached hydrogen (secondary N) is 2. The maximum atomic E-state index is 13.6. The molecular formula is C22H22FN3O3S. The van der Waals surface area contributed by atoms with Crippen LogP contribution in [0.4, 0.5) is 4.39 Å². The van der Waals surface area contributed by atoms with E-state index in [2.05, 4.69) is 15.6 Å². The van der Waals surface area contributed by atoms with Crippen LogP contribution in [-0.2, 0) is 17.8 Å². The van der Waals surface area contributed by atoms with Crippen LogP contribution in [-0.4, -0.2) is 29.9 Å². The van der Waals surface area contributed by atoms with Crippen LogP contribution in [0.2, 0.25) is 0 Å². The summed E-state index contributed by atoms with van der Waals surface area (Å²) in [5.74, 6) is -0.698. The van der Waals surface area contributed by atoms with Gasteiger partial charge in [0.2, 0.25) is 5.91 Å². The van der Waals surface area contributed by atoms with Gasteiger partial charge < -0.3 is 15.4 Å². The van der Waals surface area contributed by atoms with Crippen molar-refractivity contribution in [2.45, 2.75) is 19.4 Å². The molecule has 1 aromatic heterocycles. The molecule has 8 heteroatoms. The van der Waals surface area contributed by atoms with Crippen molar-refractivity contribution in [1.29, 1.82) is 0 Å². The normalized spacial score (nSPS) is 10.4. The van der Waals surface area contributed by atoms with E-state index in [0.717, 1.165) is 5.56 Å². The predicted octanol–water partition coefficient (Wildman–Crippen LogP) is 3.34. The van der Waals surface area contributed by atoms with E-state index in [-0.39, 0.29) is 29.9 Å².